The van der Waals surface area contributed by atoms with Crippen LogP contribution in [0.4, 0.5) is 0 Å². The van der Waals surface area contributed by atoms with E-state index < -0.39 is 0 Å². The van der Waals surface area contributed by atoms with Gasteiger partial charge in [-0.1, -0.05) is 412 Å². The molecule has 0 radical (unpaired) electrons. The average molecular weight is 1830 g/mol. The lowest BCUT2D eigenvalue weighted by Gasteiger charge is -2.23. The first-order valence-corrected chi connectivity index (χ1v) is 48.9. The molecule has 0 aliphatic heterocycles. The Balaban J connectivity index is 0.000000116. The van der Waals surface area contributed by atoms with E-state index in [1.807, 2.05) is 91.4 Å². The monoisotopic (exact) mass is 1830 g/mol. The van der Waals surface area contributed by atoms with Crippen LogP contribution in [0.3, 0.4) is 0 Å². The molecule has 143 heavy (non-hydrogen) atoms. The highest BCUT2D eigenvalue weighted by molar-refractivity contribution is 6.04. The van der Waals surface area contributed by atoms with Crippen LogP contribution in [0.2, 0.25) is 0 Å². The fourth-order valence-corrected chi connectivity index (χ4v) is 21.3. The van der Waals surface area contributed by atoms with Gasteiger partial charge in [-0.2, -0.15) is 0 Å². The van der Waals surface area contributed by atoms with Gasteiger partial charge in [0.15, 0.2) is 17.5 Å². The van der Waals surface area contributed by atoms with E-state index in [0.29, 0.717) is 17.5 Å². The Hall–Kier alpha value is -18.1. The Bertz CT molecular complexity index is 8790. The third kappa shape index (κ3) is 16.7. The molecule has 0 bridgehead atoms. The van der Waals surface area contributed by atoms with Crippen LogP contribution in [0.25, 0.3) is 224 Å². The summed E-state index contributed by atoms with van der Waals surface area (Å²) in [5.41, 5.74) is 42.9. The van der Waals surface area contributed by atoms with E-state index >= 15 is 0 Å². The van der Waals surface area contributed by atoms with Gasteiger partial charge in [0.05, 0.1) is 51.2 Å². The van der Waals surface area contributed by atoms with Crippen molar-refractivity contribution < 1.29 is 0 Å². The van der Waals surface area contributed by atoms with Gasteiger partial charge in [-0.3, -0.25) is 15.0 Å². The molecule has 678 valence electrons. The third-order valence-corrected chi connectivity index (χ3v) is 28.8. The third-order valence-electron chi connectivity index (χ3n) is 28.8. The number of rotatable bonds is 15. The SMILES string of the molecule is CC1(C)c2cc(-c3cc(-c4ccc(-c5ccccc5)nc4)nc(-c4cccc(-c5ccccc5)c4)n3)ccc2-c2c1ccc1ccccc21.CC1(C)c2cc(-c3cc(-c4ccc(-c5ccccc5)nc4)nc(-c4cccc(-c5ccccc5)c4)n3)ccc2-c2ccc3ccccc3c21.CC1(C)c2ccccc2-c2cc(-c3cc(-c4ccc(-c5ccccn5)cc4)nc(-c4cccc(-c5ccccc5)c4)n3)ccc21. The maximum Gasteiger partial charge on any atom is 0.160 e. The van der Waals surface area contributed by atoms with Crippen molar-refractivity contribution in [2.24, 2.45) is 0 Å². The molecule has 0 unspecified atom stereocenters. The summed E-state index contributed by atoms with van der Waals surface area (Å²) in [7, 11) is 0. The molecule has 23 aromatic rings. The first-order chi connectivity index (χ1) is 70.1. The number of nitrogens with zero attached hydrogens (tertiary/aromatic N) is 9. The van der Waals surface area contributed by atoms with Crippen molar-refractivity contribution in [3.63, 3.8) is 0 Å². The molecule has 3 aliphatic carbocycles. The first kappa shape index (κ1) is 87.7. The van der Waals surface area contributed by atoms with Crippen molar-refractivity contribution in [1.29, 1.82) is 0 Å². The highest BCUT2D eigenvalue weighted by Crippen LogP contribution is 2.56. The van der Waals surface area contributed by atoms with Crippen LogP contribution in [0.15, 0.2) is 480 Å². The molecule has 3 aliphatic rings. The Morgan fingerprint density at radius 2 is 0.490 bits per heavy atom. The zero-order valence-corrected chi connectivity index (χ0v) is 80.1. The Labute approximate surface area is 833 Å². The molecule has 26 rings (SSSR count). The first-order valence-electron chi connectivity index (χ1n) is 48.9. The zero-order chi connectivity index (χ0) is 96.3. The molecule has 6 heterocycles. The van der Waals surface area contributed by atoms with E-state index in [1.54, 1.807) is 0 Å². The Kier molecular flexibility index (Phi) is 22.5. The molecule has 0 fully saturated rings. The van der Waals surface area contributed by atoms with Crippen LogP contribution >= 0.6 is 0 Å². The zero-order valence-electron chi connectivity index (χ0n) is 80.1. The summed E-state index contributed by atoms with van der Waals surface area (Å²) in [5.74, 6) is 2.08. The predicted octanol–water partition coefficient (Wildman–Crippen LogP) is 33.8. The van der Waals surface area contributed by atoms with Gasteiger partial charge in [-0.05, 0) is 213 Å². The van der Waals surface area contributed by atoms with Crippen LogP contribution in [-0.2, 0) is 16.2 Å². The summed E-state index contributed by atoms with van der Waals surface area (Å²) >= 11 is 0. The van der Waals surface area contributed by atoms with E-state index in [0.717, 1.165) is 146 Å². The lowest BCUT2D eigenvalue weighted by atomic mass is 9.80. The second-order valence-electron chi connectivity index (χ2n) is 38.7. The minimum Gasteiger partial charge on any atom is -0.256 e. The molecule has 0 saturated carbocycles. The van der Waals surface area contributed by atoms with Gasteiger partial charge in [0, 0.05) is 102 Å². The number of benzene rings is 17. The maximum absolute atomic E-state index is 5.24. The van der Waals surface area contributed by atoms with Crippen LogP contribution in [0.1, 0.15) is 74.9 Å². The minimum atomic E-state index is -0.165. The van der Waals surface area contributed by atoms with Gasteiger partial charge in [-0.15, -0.1) is 0 Å². The van der Waals surface area contributed by atoms with E-state index in [-0.39, 0.29) is 16.2 Å². The van der Waals surface area contributed by atoms with Crippen molar-refractivity contribution in [2.75, 3.05) is 0 Å². The standard InChI is InChI=1S/2C46H33N3.C42H31N3/c1-46(2)40-27-34(21-23-38(40)39-24-20-31-14-9-10-19-37(31)44(39)46)42-28-43(36-22-25-41(47-29-36)32-15-7-4-8-16-32)49-45(48-42)35-18-11-17-33(26-35)30-12-5-3-6-13-30;1-46(2)39-24-21-31-14-9-10-19-37(31)44(39)38-23-20-34(27-40(38)46)42-28-43(36-22-25-41(47-29-36)32-15-7-4-8-16-32)49-45(48-42)35-18-11-17-33(26-35)30-12-5-3-6-13-30;1-42(2)36-16-7-6-15-34(36)35-26-32(22-23-37(35)42)40-27-39(30-20-18-29(19-21-30)38-17-8-9-24-43-38)44-41(45-40)33-14-10-13-31(25-33)28-11-4-3-5-12-28/h2*3-29H,1-2H3;3-27H,1-2H3. The number of hydrogen-bond acceptors (Lipinski definition) is 9. The second-order valence-corrected chi connectivity index (χ2v) is 38.7. The molecule has 0 N–H and O–H groups in total. The number of fused-ring (bicyclic) bond motifs is 13. The number of aromatic nitrogens is 9. The predicted molar refractivity (Wildman–Crippen MR) is 589 cm³/mol. The van der Waals surface area contributed by atoms with Crippen molar-refractivity contribution in [3.8, 4) is 202 Å². The van der Waals surface area contributed by atoms with Crippen LogP contribution in [-0.4, -0.2) is 44.9 Å². The molecule has 9 heteroatoms. The normalized spacial score (nSPS) is 12.9. The molecular weight excluding hydrogens is 1740 g/mol. The lowest BCUT2D eigenvalue weighted by Crippen LogP contribution is -2.15. The highest BCUT2D eigenvalue weighted by atomic mass is 14.9. The molecule has 0 amide bonds. The number of pyridine rings is 3. The fourth-order valence-electron chi connectivity index (χ4n) is 21.3. The summed E-state index contributed by atoms with van der Waals surface area (Å²) < 4.78 is 0. The van der Waals surface area contributed by atoms with E-state index in [9.17, 15) is 0 Å². The van der Waals surface area contributed by atoms with Gasteiger partial charge < -0.3 is 0 Å². The van der Waals surface area contributed by atoms with Gasteiger partial charge in [-0.25, -0.2) is 29.9 Å². The van der Waals surface area contributed by atoms with Crippen LogP contribution in [0, 0.1) is 0 Å². The van der Waals surface area contributed by atoms with Crippen LogP contribution < -0.4 is 0 Å². The topological polar surface area (TPSA) is 116 Å². The molecule has 0 atom stereocenters. The average Bonchev–Trinajstić information content (AvgIpc) is 1.57. The molecule has 0 spiro atoms. The lowest BCUT2D eigenvalue weighted by molar-refractivity contribution is 0.660. The van der Waals surface area contributed by atoms with E-state index in [1.165, 1.54) is 93.9 Å². The summed E-state index contributed by atoms with van der Waals surface area (Å²) in [4.78, 5) is 45.3. The van der Waals surface area contributed by atoms with Crippen molar-refractivity contribution in [3.05, 3.63) is 513 Å². The van der Waals surface area contributed by atoms with E-state index in [4.69, 9.17) is 39.9 Å². The molecule has 9 nitrogen and oxygen atoms in total. The minimum absolute atomic E-state index is 0.0420. The molecule has 0 saturated heterocycles. The van der Waals surface area contributed by atoms with Gasteiger partial charge in [0.2, 0.25) is 0 Å². The molecule has 6 aromatic heterocycles. The van der Waals surface area contributed by atoms with Crippen molar-refractivity contribution >= 4 is 21.5 Å². The fraction of sp³-hybridized carbons (Fsp3) is 0.0672. The summed E-state index contributed by atoms with van der Waals surface area (Å²) in [6.07, 6.45) is 5.67. The largest absolute Gasteiger partial charge is 0.256 e. The molecule has 17 aromatic carbocycles. The van der Waals surface area contributed by atoms with Crippen molar-refractivity contribution in [1.82, 2.24) is 44.9 Å². The smallest absolute Gasteiger partial charge is 0.160 e. The Morgan fingerprint density at radius 1 is 0.161 bits per heavy atom. The summed E-state index contributed by atoms with van der Waals surface area (Å²) in [6, 6.07) is 162. The molecular formula is C134H97N9. The van der Waals surface area contributed by atoms with Gasteiger partial charge in [0.25, 0.3) is 0 Å². The Morgan fingerprint density at radius 3 is 0.979 bits per heavy atom. The van der Waals surface area contributed by atoms with Gasteiger partial charge >= 0.3 is 0 Å². The van der Waals surface area contributed by atoms with Crippen molar-refractivity contribution in [2.45, 2.75) is 57.8 Å². The highest BCUT2D eigenvalue weighted by Gasteiger charge is 2.40. The van der Waals surface area contributed by atoms with Crippen LogP contribution in [0.5, 0.6) is 0 Å². The second kappa shape index (κ2) is 36.7. The summed E-state index contributed by atoms with van der Waals surface area (Å²) in [6.45, 7) is 14.0. The van der Waals surface area contributed by atoms with Gasteiger partial charge in [0.1, 0.15) is 0 Å². The quantitative estimate of drug-likeness (QED) is 0.0989. The summed E-state index contributed by atoms with van der Waals surface area (Å²) in [5, 5.41) is 5.16. The maximum atomic E-state index is 5.24. The number of hydrogen-bond donors (Lipinski definition) is 0. The van der Waals surface area contributed by atoms with E-state index in [2.05, 4.69) is 435 Å².